The molecule has 0 unspecified atom stereocenters. The summed E-state index contributed by atoms with van der Waals surface area (Å²) in [4.78, 5) is 27.6. The number of thiophene rings is 1. The number of para-hydroxylation sites is 1. The van der Waals surface area contributed by atoms with Crippen LogP contribution in [0.5, 0.6) is 0 Å². The Morgan fingerprint density at radius 3 is 2.43 bits per heavy atom. The van der Waals surface area contributed by atoms with Crippen LogP contribution in [0.1, 0.15) is 59.4 Å². The van der Waals surface area contributed by atoms with E-state index in [-0.39, 0.29) is 22.2 Å². The van der Waals surface area contributed by atoms with E-state index in [0.717, 1.165) is 42.7 Å². The maximum Gasteiger partial charge on any atom is 0.433 e. The zero-order chi connectivity index (χ0) is 32.5. The van der Waals surface area contributed by atoms with Crippen molar-refractivity contribution in [3.63, 3.8) is 0 Å². The topological polar surface area (TPSA) is 80.4 Å². The molecule has 0 bridgehead atoms. The van der Waals surface area contributed by atoms with E-state index in [0.29, 0.717) is 38.6 Å². The number of hydrogen-bond acceptors (Lipinski definition) is 7. The summed E-state index contributed by atoms with van der Waals surface area (Å²) in [5.74, 6) is 0.661. The maximum absolute atomic E-state index is 13.7. The number of hydrogen-bond donors (Lipinski definition) is 1. The second-order valence-corrected chi connectivity index (χ2v) is 14.2. The molecule has 1 aliphatic carbocycles. The number of anilines is 1. The molecular weight excluding hydrogens is 630 g/mol. The van der Waals surface area contributed by atoms with Gasteiger partial charge in [0.05, 0.1) is 17.5 Å². The Morgan fingerprint density at radius 1 is 1.02 bits per heavy atom. The summed E-state index contributed by atoms with van der Waals surface area (Å²) >= 11 is 2.41. The van der Waals surface area contributed by atoms with Gasteiger partial charge in [-0.05, 0) is 78.3 Å². The molecule has 0 saturated carbocycles. The van der Waals surface area contributed by atoms with E-state index < -0.39 is 11.9 Å². The molecule has 3 heterocycles. The molecule has 6 nitrogen and oxygen atoms in total. The Bertz CT molecular complexity index is 1880. The van der Waals surface area contributed by atoms with Crippen LogP contribution in [-0.2, 0) is 19.0 Å². The number of nitrogens with one attached hydrogen (secondary N) is 1. The van der Waals surface area contributed by atoms with Crippen molar-refractivity contribution in [2.24, 2.45) is 16.3 Å². The van der Waals surface area contributed by atoms with Gasteiger partial charge >= 0.3 is 6.18 Å². The number of alkyl halides is 3. The minimum atomic E-state index is -4.64. The number of fused-ring (bicyclic) bond motifs is 1. The molecule has 5 aromatic rings. The van der Waals surface area contributed by atoms with Gasteiger partial charge in [0.25, 0.3) is 5.91 Å². The number of aromatic nitrogens is 2. The van der Waals surface area contributed by atoms with Gasteiger partial charge < -0.3 is 9.73 Å². The number of carbonyl (C=O) groups excluding carboxylic acids is 1. The van der Waals surface area contributed by atoms with Crippen molar-refractivity contribution in [1.29, 1.82) is 0 Å². The van der Waals surface area contributed by atoms with E-state index in [4.69, 9.17) is 9.41 Å². The van der Waals surface area contributed by atoms with Crippen LogP contribution < -0.4 is 5.32 Å². The van der Waals surface area contributed by atoms with Crippen molar-refractivity contribution in [3.05, 3.63) is 106 Å². The van der Waals surface area contributed by atoms with Crippen LogP contribution in [0.3, 0.4) is 0 Å². The Labute approximate surface area is 273 Å². The fourth-order valence-electron chi connectivity index (χ4n) is 5.39. The lowest BCUT2D eigenvalue weighted by molar-refractivity contribution is -0.141. The van der Waals surface area contributed by atoms with Crippen molar-refractivity contribution < 1.29 is 22.4 Å². The highest BCUT2D eigenvalue weighted by Gasteiger charge is 2.35. The molecule has 1 atom stereocenters. The first-order valence-corrected chi connectivity index (χ1v) is 16.4. The number of nitrogens with zero attached hydrogens (tertiary/aromatic N) is 3. The summed E-state index contributed by atoms with van der Waals surface area (Å²) in [5, 5.41) is 3.81. The lowest BCUT2D eigenvalue weighted by Gasteiger charge is -2.33. The predicted octanol–water partition coefficient (Wildman–Crippen LogP) is 10.1. The fraction of sp³-hybridized carbons (Fsp3) is 0.257. The van der Waals surface area contributed by atoms with Gasteiger partial charge in [-0.1, -0.05) is 69.3 Å². The summed E-state index contributed by atoms with van der Waals surface area (Å²) in [6.07, 6.45) is -0.437. The molecule has 0 saturated heterocycles. The van der Waals surface area contributed by atoms with Gasteiger partial charge in [-0.3, -0.25) is 4.79 Å². The lowest BCUT2D eigenvalue weighted by Crippen LogP contribution is -2.27. The summed E-state index contributed by atoms with van der Waals surface area (Å²) in [6, 6.07) is 22.2. The average Bonchev–Trinajstić information content (AvgIpc) is 3.63. The second kappa shape index (κ2) is 12.9. The smallest absolute Gasteiger partial charge is 0.433 e. The molecule has 1 amide bonds. The van der Waals surface area contributed by atoms with Gasteiger partial charge in [-0.2, -0.15) is 13.2 Å². The maximum atomic E-state index is 13.7. The summed E-state index contributed by atoms with van der Waals surface area (Å²) in [7, 11) is 0. The lowest BCUT2D eigenvalue weighted by atomic mass is 9.72. The molecule has 0 aliphatic heterocycles. The third kappa shape index (κ3) is 7.26. The number of benzene rings is 2. The van der Waals surface area contributed by atoms with Crippen LogP contribution in [-0.4, -0.2) is 22.1 Å². The molecule has 3 aromatic heterocycles. The van der Waals surface area contributed by atoms with E-state index in [1.54, 1.807) is 42.5 Å². The van der Waals surface area contributed by atoms with Crippen LogP contribution in [0.2, 0.25) is 0 Å². The van der Waals surface area contributed by atoms with E-state index in [1.165, 1.54) is 22.4 Å². The average molecular weight is 661 g/mol. The monoisotopic (exact) mass is 660 g/mol. The van der Waals surface area contributed by atoms with E-state index in [2.05, 4.69) is 36.1 Å². The van der Waals surface area contributed by atoms with E-state index >= 15 is 0 Å². The highest BCUT2D eigenvalue weighted by atomic mass is 32.2. The molecule has 11 heteroatoms. The number of rotatable bonds is 7. The molecule has 0 fully saturated rings. The van der Waals surface area contributed by atoms with Crippen LogP contribution in [0.25, 0.3) is 11.3 Å². The molecule has 236 valence electrons. The number of amides is 1. The minimum Gasteiger partial charge on any atom is -0.448 e. The SMILES string of the molecule is CC(C)(C)[C@@H]1CCc2c(sc(N=Cc3ccc(Sc4nc(-c5ccccc5)cc(C(F)(F)F)n4)o3)c2C(=O)Nc2ccccc2)C1. The largest absolute Gasteiger partial charge is 0.448 e. The van der Waals surface area contributed by atoms with Crippen LogP contribution in [0.4, 0.5) is 23.9 Å². The van der Waals surface area contributed by atoms with Crippen molar-refractivity contribution in [1.82, 2.24) is 9.97 Å². The molecule has 0 spiro atoms. The van der Waals surface area contributed by atoms with Crippen molar-refractivity contribution in [3.8, 4) is 11.3 Å². The first-order chi connectivity index (χ1) is 21.9. The number of aliphatic imine (C=N–C) groups is 1. The zero-order valence-electron chi connectivity index (χ0n) is 25.4. The fourth-order valence-corrected chi connectivity index (χ4v) is 7.41. The molecular formula is C35H31F3N4O2S2. The first kappa shape index (κ1) is 31.7. The van der Waals surface area contributed by atoms with Gasteiger partial charge in [0.15, 0.2) is 10.2 Å². The van der Waals surface area contributed by atoms with Crippen molar-refractivity contribution >= 4 is 45.9 Å². The summed E-state index contributed by atoms with van der Waals surface area (Å²) < 4.78 is 46.9. The third-order valence-corrected chi connectivity index (χ3v) is 9.85. The predicted molar refractivity (Wildman–Crippen MR) is 176 cm³/mol. The number of furan rings is 1. The highest BCUT2D eigenvalue weighted by Crippen LogP contribution is 2.45. The normalized spacial score (nSPS) is 15.2. The van der Waals surface area contributed by atoms with E-state index in [9.17, 15) is 18.0 Å². The summed E-state index contributed by atoms with van der Waals surface area (Å²) in [6.45, 7) is 6.74. The highest BCUT2D eigenvalue weighted by molar-refractivity contribution is 7.99. The van der Waals surface area contributed by atoms with Crippen LogP contribution >= 0.6 is 23.1 Å². The Kier molecular flexibility index (Phi) is 8.89. The molecule has 6 rings (SSSR count). The van der Waals surface area contributed by atoms with Crippen molar-refractivity contribution in [2.75, 3.05) is 5.32 Å². The zero-order valence-corrected chi connectivity index (χ0v) is 27.0. The van der Waals surface area contributed by atoms with Gasteiger partial charge in [0.1, 0.15) is 16.5 Å². The molecule has 1 aliphatic rings. The molecule has 1 N–H and O–H groups in total. The van der Waals surface area contributed by atoms with Crippen LogP contribution in [0.15, 0.2) is 98.5 Å². The van der Waals surface area contributed by atoms with Gasteiger partial charge in [0, 0.05) is 16.1 Å². The number of halogens is 3. The quantitative estimate of drug-likeness (QED) is 0.139. The van der Waals surface area contributed by atoms with Gasteiger partial charge in [0.2, 0.25) is 0 Å². The molecule has 0 radical (unpaired) electrons. The molecule has 46 heavy (non-hydrogen) atoms. The van der Waals surface area contributed by atoms with Crippen molar-refractivity contribution in [2.45, 2.75) is 56.5 Å². The second-order valence-electron chi connectivity index (χ2n) is 12.1. The Balaban J connectivity index is 1.27. The van der Waals surface area contributed by atoms with E-state index in [1.807, 2.05) is 30.3 Å². The van der Waals surface area contributed by atoms with Gasteiger partial charge in [-0.15, -0.1) is 11.3 Å². The third-order valence-electron chi connectivity index (χ3n) is 7.90. The Hall–Kier alpha value is -4.22. The number of carbonyl (C=O) groups is 1. The van der Waals surface area contributed by atoms with Gasteiger partial charge in [-0.25, -0.2) is 15.0 Å². The first-order valence-electron chi connectivity index (χ1n) is 14.8. The van der Waals surface area contributed by atoms with Crippen LogP contribution in [0, 0.1) is 11.3 Å². The molecule has 2 aromatic carbocycles. The Morgan fingerprint density at radius 2 is 1.74 bits per heavy atom. The standard InChI is InChI=1S/C35H31F3N4O2S2/c1-34(2,3)22-14-16-25-27(18-22)45-32(30(25)31(43)40-23-12-8-5-9-13-23)39-20-24-15-17-29(44-24)46-33-41-26(21-10-6-4-7-11-21)19-28(42-33)35(36,37)38/h4-13,15,17,19-20,22H,14,16,18H2,1-3H3,(H,40,43)/t22-/m1/s1. The summed E-state index contributed by atoms with van der Waals surface area (Å²) in [5.41, 5.74) is 2.13. The minimum absolute atomic E-state index is 0.0919.